The second-order valence-electron chi connectivity index (χ2n) is 4.28. The summed E-state index contributed by atoms with van der Waals surface area (Å²) in [7, 11) is 0. The molecule has 15 heavy (non-hydrogen) atoms. The van der Waals surface area contributed by atoms with Gasteiger partial charge in [0.2, 0.25) is 0 Å². The zero-order valence-electron chi connectivity index (χ0n) is 8.49. The minimum Gasteiger partial charge on any atom is -0.361 e. The quantitative estimate of drug-likeness (QED) is 0.712. The fourth-order valence-corrected chi connectivity index (χ4v) is 2.38. The summed E-state index contributed by atoms with van der Waals surface area (Å²) >= 11 is 0. The molecule has 5 heteroatoms. The van der Waals surface area contributed by atoms with Crippen molar-refractivity contribution in [2.45, 2.75) is 13.0 Å². The van der Waals surface area contributed by atoms with Crippen LogP contribution in [0.15, 0.2) is 10.7 Å². The lowest BCUT2D eigenvalue weighted by atomic mass is 10.2. The zero-order chi connectivity index (χ0) is 10.4. The number of aryl methyl sites for hydroxylation is 1. The molecule has 2 atom stereocenters. The molecule has 1 aliphatic carbocycles. The third-order valence-electron chi connectivity index (χ3n) is 3.38. The molecule has 1 saturated heterocycles. The van der Waals surface area contributed by atoms with Crippen LogP contribution in [0.1, 0.15) is 16.1 Å². The van der Waals surface area contributed by atoms with Crippen LogP contribution in [0.4, 0.5) is 0 Å². The molecule has 2 unspecified atom stereocenters. The second kappa shape index (κ2) is 3.06. The van der Waals surface area contributed by atoms with E-state index in [0.29, 0.717) is 29.2 Å². The van der Waals surface area contributed by atoms with Crippen LogP contribution in [-0.4, -0.2) is 30.2 Å². The minimum absolute atomic E-state index is 0.0619. The molecule has 3 rings (SSSR count). The van der Waals surface area contributed by atoms with E-state index in [1.54, 1.807) is 6.92 Å². The Labute approximate surface area is 87.2 Å². The zero-order valence-corrected chi connectivity index (χ0v) is 8.49. The summed E-state index contributed by atoms with van der Waals surface area (Å²) in [5.74, 6) is 1.79. The van der Waals surface area contributed by atoms with Crippen molar-refractivity contribution in [1.82, 2.24) is 15.8 Å². The van der Waals surface area contributed by atoms with Gasteiger partial charge in [-0.15, -0.1) is 0 Å². The largest absolute Gasteiger partial charge is 0.361 e. The van der Waals surface area contributed by atoms with Gasteiger partial charge >= 0.3 is 0 Å². The second-order valence-corrected chi connectivity index (χ2v) is 4.28. The summed E-state index contributed by atoms with van der Waals surface area (Å²) in [6.07, 6.45) is 1.47. The maximum atomic E-state index is 11.8. The van der Waals surface area contributed by atoms with Crippen molar-refractivity contribution in [1.29, 1.82) is 0 Å². The predicted octanol–water partition coefficient (Wildman–Crippen LogP) is -0.0694. The Morgan fingerprint density at radius 2 is 2.33 bits per heavy atom. The number of hydrogen-bond acceptors (Lipinski definition) is 4. The minimum atomic E-state index is -0.0619. The van der Waals surface area contributed by atoms with Crippen LogP contribution >= 0.6 is 0 Å². The molecule has 1 saturated carbocycles. The fraction of sp³-hybridized carbons (Fsp3) is 0.600. The smallest absolute Gasteiger partial charge is 0.256 e. The molecule has 2 N–H and O–H groups in total. The number of nitrogens with one attached hydrogen (secondary N) is 2. The molecule has 2 fully saturated rings. The molecule has 2 aliphatic rings. The van der Waals surface area contributed by atoms with E-state index in [9.17, 15) is 4.79 Å². The van der Waals surface area contributed by atoms with Crippen molar-refractivity contribution in [3.63, 3.8) is 0 Å². The number of piperidine rings is 1. The number of carbonyl (C=O) groups excluding carboxylic acids is 1. The Hall–Kier alpha value is -1.36. The van der Waals surface area contributed by atoms with Gasteiger partial charge in [-0.3, -0.25) is 4.79 Å². The van der Waals surface area contributed by atoms with Crippen molar-refractivity contribution >= 4 is 5.91 Å². The molecule has 0 spiro atoms. The topological polar surface area (TPSA) is 67.2 Å². The number of carbonyl (C=O) groups is 1. The predicted molar refractivity (Wildman–Crippen MR) is 52.3 cm³/mol. The van der Waals surface area contributed by atoms with E-state index >= 15 is 0 Å². The molecule has 1 aromatic rings. The molecular formula is C10H13N3O2. The SMILES string of the molecule is Cc1oncc1C(=O)NC1C2CNCC21. The molecule has 0 aromatic carbocycles. The molecule has 1 aromatic heterocycles. The number of aromatic nitrogens is 1. The number of rotatable bonds is 2. The van der Waals surface area contributed by atoms with E-state index in [0.717, 1.165) is 13.1 Å². The van der Waals surface area contributed by atoms with E-state index in [-0.39, 0.29) is 5.91 Å². The lowest BCUT2D eigenvalue weighted by Crippen LogP contribution is -2.32. The van der Waals surface area contributed by atoms with Gasteiger partial charge < -0.3 is 15.2 Å². The van der Waals surface area contributed by atoms with Crippen LogP contribution in [0.25, 0.3) is 0 Å². The summed E-state index contributed by atoms with van der Waals surface area (Å²) in [6, 6.07) is 0.355. The standard InChI is InChI=1S/C10H13N3O2/c1-5-6(4-12-15-5)10(14)13-9-7-2-11-3-8(7)9/h4,7-9,11H,2-3H2,1H3,(H,13,14). The van der Waals surface area contributed by atoms with E-state index < -0.39 is 0 Å². The number of hydrogen-bond donors (Lipinski definition) is 2. The van der Waals surface area contributed by atoms with Crippen LogP contribution in [0.3, 0.4) is 0 Å². The van der Waals surface area contributed by atoms with Gasteiger partial charge in [0.05, 0.1) is 6.20 Å². The third kappa shape index (κ3) is 1.34. The third-order valence-corrected chi connectivity index (χ3v) is 3.38. The van der Waals surface area contributed by atoms with Gasteiger partial charge in [-0.1, -0.05) is 5.16 Å². The first-order valence-corrected chi connectivity index (χ1v) is 5.20. The van der Waals surface area contributed by atoms with Crippen molar-refractivity contribution in [2.75, 3.05) is 13.1 Å². The van der Waals surface area contributed by atoms with Crippen molar-refractivity contribution in [3.05, 3.63) is 17.5 Å². The molecule has 5 nitrogen and oxygen atoms in total. The molecule has 80 valence electrons. The first-order chi connectivity index (χ1) is 7.27. The highest BCUT2D eigenvalue weighted by Crippen LogP contribution is 2.41. The Morgan fingerprint density at radius 3 is 2.93 bits per heavy atom. The molecule has 0 radical (unpaired) electrons. The van der Waals surface area contributed by atoms with Crippen molar-refractivity contribution in [2.24, 2.45) is 11.8 Å². The fourth-order valence-electron chi connectivity index (χ4n) is 2.38. The maximum absolute atomic E-state index is 11.8. The highest BCUT2D eigenvalue weighted by atomic mass is 16.5. The van der Waals surface area contributed by atoms with Gasteiger partial charge in [-0.2, -0.15) is 0 Å². The van der Waals surface area contributed by atoms with E-state index in [2.05, 4.69) is 15.8 Å². The van der Waals surface area contributed by atoms with Crippen molar-refractivity contribution < 1.29 is 9.32 Å². The van der Waals surface area contributed by atoms with Crippen LogP contribution in [0, 0.1) is 18.8 Å². The summed E-state index contributed by atoms with van der Waals surface area (Å²) in [4.78, 5) is 11.8. The summed E-state index contributed by atoms with van der Waals surface area (Å²) < 4.78 is 4.86. The van der Waals surface area contributed by atoms with Gasteiger partial charge in [-0.05, 0) is 18.8 Å². The Kier molecular flexibility index (Phi) is 1.82. The summed E-state index contributed by atoms with van der Waals surface area (Å²) in [6.45, 7) is 3.80. The van der Waals surface area contributed by atoms with Crippen molar-refractivity contribution in [3.8, 4) is 0 Å². The maximum Gasteiger partial charge on any atom is 0.256 e. The molecule has 1 amide bonds. The average Bonchev–Trinajstić information content (AvgIpc) is 2.66. The molecule has 2 heterocycles. The molecule has 1 aliphatic heterocycles. The lowest BCUT2D eigenvalue weighted by molar-refractivity contribution is 0.0945. The normalized spacial score (nSPS) is 32.5. The first kappa shape index (κ1) is 8.91. The average molecular weight is 207 g/mol. The number of nitrogens with zero attached hydrogens (tertiary/aromatic N) is 1. The number of amides is 1. The Bertz CT molecular complexity index is 391. The lowest BCUT2D eigenvalue weighted by Gasteiger charge is -2.06. The first-order valence-electron chi connectivity index (χ1n) is 5.20. The van der Waals surface area contributed by atoms with Gasteiger partial charge in [-0.25, -0.2) is 0 Å². The van der Waals surface area contributed by atoms with E-state index in [4.69, 9.17) is 4.52 Å². The van der Waals surface area contributed by atoms with Gasteiger partial charge in [0, 0.05) is 19.1 Å². The van der Waals surface area contributed by atoms with Crippen LogP contribution < -0.4 is 10.6 Å². The number of fused-ring (bicyclic) bond motifs is 1. The molecular weight excluding hydrogens is 194 g/mol. The highest BCUT2D eigenvalue weighted by Gasteiger charge is 2.53. The monoisotopic (exact) mass is 207 g/mol. The summed E-state index contributed by atoms with van der Waals surface area (Å²) in [5.41, 5.74) is 0.549. The van der Waals surface area contributed by atoms with E-state index in [1.165, 1.54) is 6.20 Å². The van der Waals surface area contributed by atoms with Crippen LogP contribution in [-0.2, 0) is 0 Å². The van der Waals surface area contributed by atoms with Gasteiger partial charge in [0.25, 0.3) is 5.91 Å². The van der Waals surface area contributed by atoms with Gasteiger partial charge in [0.15, 0.2) is 0 Å². The van der Waals surface area contributed by atoms with Gasteiger partial charge in [0.1, 0.15) is 11.3 Å². The summed E-state index contributed by atoms with van der Waals surface area (Å²) in [5, 5.41) is 9.90. The molecule has 0 bridgehead atoms. The Morgan fingerprint density at radius 1 is 1.60 bits per heavy atom. The van der Waals surface area contributed by atoms with Crippen LogP contribution in [0.2, 0.25) is 0 Å². The van der Waals surface area contributed by atoms with Crippen LogP contribution in [0.5, 0.6) is 0 Å². The Balaban J connectivity index is 1.65. The van der Waals surface area contributed by atoms with E-state index in [1.807, 2.05) is 0 Å². The highest BCUT2D eigenvalue weighted by molar-refractivity contribution is 5.95.